The number of ether oxygens (including phenoxy) is 1. The Morgan fingerprint density at radius 1 is 1.45 bits per heavy atom. The Bertz CT molecular complexity index is 445. The molecule has 1 aromatic rings. The summed E-state index contributed by atoms with van der Waals surface area (Å²) in [6.07, 6.45) is 2.15. The van der Waals surface area contributed by atoms with Gasteiger partial charge >= 0.3 is 6.03 Å². The van der Waals surface area contributed by atoms with E-state index in [2.05, 4.69) is 5.32 Å². The third-order valence-corrected chi connectivity index (χ3v) is 3.69. The second kappa shape index (κ2) is 6.72. The standard InChI is InChI=1S/C15H23N3O2/c1-11(16)12-5-7-13(8-6-12)17-15(19)18-9-3-4-14(10-18)20-2/h5-8,11,14H,3-4,9-10,16H2,1-2H3,(H,17,19). The number of amides is 2. The fraction of sp³-hybridized carbons (Fsp3) is 0.533. The van der Waals surface area contributed by atoms with E-state index in [1.54, 1.807) is 12.0 Å². The number of piperidine rings is 1. The van der Waals surface area contributed by atoms with E-state index in [4.69, 9.17) is 10.5 Å². The van der Waals surface area contributed by atoms with Gasteiger partial charge in [0.2, 0.25) is 0 Å². The molecule has 0 radical (unpaired) electrons. The number of carbonyl (C=O) groups is 1. The minimum Gasteiger partial charge on any atom is -0.380 e. The van der Waals surface area contributed by atoms with Gasteiger partial charge in [-0.3, -0.25) is 0 Å². The maximum atomic E-state index is 12.2. The molecule has 0 bridgehead atoms. The van der Waals surface area contributed by atoms with Crippen LogP contribution in [0.3, 0.4) is 0 Å². The van der Waals surface area contributed by atoms with Gasteiger partial charge in [-0.05, 0) is 37.5 Å². The molecule has 2 rings (SSSR count). The van der Waals surface area contributed by atoms with Crippen LogP contribution in [0.1, 0.15) is 31.4 Å². The largest absolute Gasteiger partial charge is 0.380 e. The molecule has 0 spiro atoms. The van der Waals surface area contributed by atoms with Gasteiger partial charge in [0, 0.05) is 31.9 Å². The Balaban J connectivity index is 1.93. The topological polar surface area (TPSA) is 67.6 Å². The summed E-state index contributed by atoms with van der Waals surface area (Å²) < 4.78 is 5.33. The minimum absolute atomic E-state index is 0.00399. The van der Waals surface area contributed by atoms with Crippen LogP contribution in [0.15, 0.2) is 24.3 Å². The summed E-state index contributed by atoms with van der Waals surface area (Å²) in [5.74, 6) is 0. The Morgan fingerprint density at radius 2 is 2.15 bits per heavy atom. The zero-order valence-corrected chi connectivity index (χ0v) is 12.1. The van der Waals surface area contributed by atoms with Crippen molar-refractivity contribution in [3.05, 3.63) is 29.8 Å². The number of anilines is 1. The number of hydrogen-bond donors (Lipinski definition) is 2. The molecule has 2 atom stereocenters. The van der Waals surface area contributed by atoms with Crippen LogP contribution >= 0.6 is 0 Å². The van der Waals surface area contributed by atoms with Crippen molar-refractivity contribution in [1.82, 2.24) is 4.90 Å². The summed E-state index contributed by atoms with van der Waals surface area (Å²) in [7, 11) is 1.69. The van der Waals surface area contributed by atoms with E-state index in [9.17, 15) is 4.79 Å². The number of benzene rings is 1. The van der Waals surface area contributed by atoms with Gasteiger partial charge in [0.15, 0.2) is 0 Å². The summed E-state index contributed by atoms with van der Waals surface area (Å²) in [6, 6.07) is 7.58. The molecule has 0 aliphatic carbocycles. The second-order valence-electron chi connectivity index (χ2n) is 5.29. The zero-order chi connectivity index (χ0) is 14.5. The third-order valence-electron chi connectivity index (χ3n) is 3.69. The first-order valence-electron chi connectivity index (χ1n) is 7.04. The van der Waals surface area contributed by atoms with Crippen molar-refractivity contribution >= 4 is 11.7 Å². The number of hydrogen-bond acceptors (Lipinski definition) is 3. The Labute approximate surface area is 120 Å². The molecular formula is C15H23N3O2. The van der Waals surface area contributed by atoms with Crippen LogP contribution in [0.25, 0.3) is 0 Å². The summed E-state index contributed by atoms with van der Waals surface area (Å²) >= 11 is 0. The predicted molar refractivity (Wildman–Crippen MR) is 79.7 cm³/mol. The molecule has 5 heteroatoms. The Morgan fingerprint density at radius 3 is 2.75 bits per heavy atom. The van der Waals surface area contributed by atoms with Gasteiger partial charge < -0.3 is 20.7 Å². The monoisotopic (exact) mass is 277 g/mol. The van der Waals surface area contributed by atoms with Crippen LogP contribution in [0, 0.1) is 0 Å². The molecule has 1 saturated heterocycles. The highest BCUT2D eigenvalue weighted by Crippen LogP contribution is 2.17. The normalized spacial score (nSPS) is 20.6. The lowest BCUT2D eigenvalue weighted by Gasteiger charge is -2.31. The lowest BCUT2D eigenvalue weighted by atomic mass is 10.1. The predicted octanol–water partition coefficient (Wildman–Crippen LogP) is 2.35. The number of carbonyl (C=O) groups excluding carboxylic acids is 1. The highest BCUT2D eigenvalue weighted by molar-refractivity contribution is 5.89. The molecule has 2 amide bonds. The maximum absolute atomic E-state index is 12.2. The summed E-state index contributed by atoms with van der Waals surface area (Å²) in [5.41, 5.74) is 7.65. The van der Waals surface area contributed by atoms with Crippen LogP contribution in [0.4, 0.5) is 10.5 Å². The second-order valence-corrected chi connectivity index (χ2v) is 5.29. The van der Waals surface area contributed by atoms with Crippen molar-refractivity contribution in [3.8, 4) is 0 Å². The fourth-order valence-electron chi connectivity index (χ4n) is 2.39. The van der Waals surface area contributed by atoms with E-state index in [0.717, 1.165) is 30.6 Å². The molecule has 1 aromatic carbocycles. The first-order valence-corrected chi connectivity index (χ1v) is 7.04. The van der Waals surface area contributed by atoms with E-state index in [1.165, 1.54) is 0 Å². The number of rotatable bonds is 3. The van der Waals surface area contributed by atoms with Gasteiger partial charge in [0.25, 0.3) is 0 Å². The van der Waals surface area contributed by atoms with Gasteiger partial charge in [-0.1, -0.05) is 12.1 Å². The van der Waals surface area contributed by atoms with Crippen LogP contribution in [-0.4, -0.2) is 37.2 Å². The first kappa shape index (κ1) is 14.8. The highest BCUT2D eigenvalue weighted by atomic mass is 16.5. The van der Waals surface area contributed by atoms with Crippen molar-refractivity contribution < 1.29 is 9.53 Å². The molecule has 1 fully saturated rings. The lowest BCUT2D eigenvalue weighted by Crippen LogP contribution is -2.44. The highest BCUT2D eigenvalue weighted by Gasteiger charge is 2.23. The summed E-state index contributed by atoms with van der Waals surface area (Å²) in [5, 5.41) is 2.91. The van der Waals surface area contributed by atoms with E-state index < -0.39 is 0 Å². The molecular weight excluding hydrogens is 254 g/mol. The first-order chi connectivity index (χ1) is 9.60. The number of likely N-dealkylation sites (tertiary alicyclic amines) is 1. The van der Waals surface area contributed by atoms with E-state index in [0.29, 0.717) is 6.54 Å². The minimum atomic E-state index is -0.0692. The molecule has 0 aromatic heterocycles. The van der Waals surface area contributed by atoms with Crippen LogP contribution in [0.5, 0.6) is 0 Å². The lowest BCUT2D eigenvalue weighted by molar-refractivity contribution is 0.0458. The number of methoxy groups -OCH3 is 1. The Hall–Kier alpha value is -1.59. The molecule has 20 heavy (non-hydrogen) atoms. The average Bonchev–Trinajstić information content (AvgIpc) is 2.47. The number of urea groups is 1. The molecule has 1 aliphatic heterocycles. The third kappa shape index (κ3) is 3.71. The fourth-order valence-corrected chi connectivity index (χ4v) is 2.39. The zero-order valence-electron chi connectivity index (χ0n) is 12.1. The number of nitrogens with two attached hydrogens (primary N) is 1. The SMILES string of the molecule is COC1CCCN(C(=O)Nc2ccc(C(C)N)cc2)C1. The van der Waals surface area contributed by atoms with Gasteiger partial charge in [-0.2, -0.15) is 0 Å². The van der Waals surface area contributed by atoms with Gasteiger partial charge in [0.05, 0.1) is 6.10 Å². The van der Waals surface area contributed by atoms with Crippen LogP contribution in [-0.2, 0) is 4.74 Å². The average molecular weight is 277 g/mol. The molecule has 5 nitrogen and oxygen atoms in total. The van der Waals surface area contributed by atoms with Crippen molar-refractivity contribution in [3.63, 3.8) is 0 Å². The quantitative estimate of drug-likeness (QED) is 0.891. The molecule has 110 valence electrons. The van der Waals surface area contributed by atoms with Gasteiger partial charge in [0.1, 0.15) is 0 Å². The van der Waals surface area contributed by atoms with Crippen LogP contribution in [0.2, 0.25) is 0 Å². The molecule has 2 unspecified atom stereocenters. The van der Waals surface area contributed by atoms with Crippen molar-refractivity contribution in [2.45, 2.75) is 31.9 Å². The van der Waals surface area contributed by atoms with Gasteiger partial charge in [-0.25, -0.2) is 4.79 Å². The van der Waals surface area contributed by atoms with E-state index >= 15 is 0 Å². The molecule has 3 N–H and O–H groups in total. The number of nitrogens with zero attached hydrogens (tertiary/aromatic N) is 1. The summed E-state index contributed by atoms with van der Waals surface area (Å²) in [6.45, 7) is 3.37. The molecule has 0 saturated carbocycles. The van der Waals surface area contributed by atoms with Crippen molar-refractivity contribution in [2.75, 3.05) is 25.5 Å². The molecule has 1 aliphatic rings. The van der Waals surface area contributed by atoms with Crippen LogP contribution < -0.4 is 11.1 Å². The maximum Gasteiger partial charge on any atom is 0.321 e. The Kier molecular flexibility index (Phi) is 4.98. The summed E-state index contributed by atoms with van der Waals surface area (Å²) in [4.78, 5) is 14.0. The van der Waals surface area contributed by atoms with Gasteiger partial charge in [-0.15, -0.1) is 0 Å². The van der Waals surface area contributed by atoms with Crippen molar-refractivity contribution in [2.24, 2.45) is 5.73 Å². The van der Waals surface area contributed by atoms with E-state index in [-0.39, 0.29) is 18.2 Å². The van der Waals surface area contributed by atoms with Crippen molar-refractivity contribution in [1.29, 1.82) is 0 Å². The molecule has 1 heterocycles. The van der Waals surface area contributed by atoms with E-state index in [1.807, 2.05) is 31.2 Å². The number of nitrogens with one attached hydrogen (secondary N) is 1. The smallest absolute Gasteiger partial charge is 0.321 e.